The number of hydrogen-bond acceptors (Lipinski definition) is 3. The Morgan fingerprint density at radius 1 is 0.450 bits per heavy atom. The first kappa shape index (κ1) is 41.7. The molecule has 3 N–H and O–H groups in total. The van der Waals surface area contributed by atoms with E-state index in [9.17, 15) is 5.11 Å². The third-order valence-electron chi connectivity index (χ3n) is 7.69. The van der Waals surface area contributed by atoms with Crippen molar-refractivity contribution in [3.05, 3.63) is 12.2 Å². The smallest absolute Gasteiger partial charge is 0.393 e. The summed E-state index contributed by atoms with van der Waals surface area (Å²) in [5, 5.41) is 10.2. The molecule has 0 spiro atoms. The molecular weight excluding hydrogens is 520 g/mol. The molecule has 40 heavy (non-hydrogen) atoms. The lowest BCUT2D eigenvalue weighted by Gasteiger charge is -2.10. The van der Waals surface area contributed by atoms with Gasteiger partial charge in [-0.3, -0.25) is 9.11 Å². The summed E-state index contributed by atoms with van der Waals surface area (Å²) in [6.07, 6.45) is 44.0. The van der Waals surface area contributed by atoms with Crippen LogP contribution in [-0.2, 0) is 10.4 Å². The van der Waals surface area contributed by atoms with E-state index in [0.717, 1.165) is 12.8 Å². The molecule has 0 radical (unpaired) electrons. The van der Waals surface area contributed by atoms with Crippen molar-refractivity contribution in [3.63, 3.8) is 0 Å². The van der Waals surface area contributed by atoms with Crippen molar-refractivity contribution in [2.75, 3.05) is 0 Å². The van der Waals surface area contributed by atoms with Crippen molar-refractivity contribution in [1.82, 2.24) is 0 Å². The molecule has 0 fully saturated rings. The number of aliphatic hydroxyl groups is 1. The quantitative estimate of drug-likeness (QED) is 0.0439. The average molecular weight is 591 g/mol. The van der Waals surface area contributed by atoms with Crippen LogP contribution in [0.5, 0.6) is 0 Å². The lowest BCUT2D eigenvalue weighted by atomic mass is 10.0. The lowest BCUT2D eigenvalue weighted by Crippen LogP contribution is -2.05. The number of rotatable bonds is 30. The van der Waals surface area contributed by atoms with Gasteiger partial charge in [0.15, 0.2) is 0 Å². The lowest BCUT2D eigenvalue weighted by molar-refractivity contribution is 0.147. The maximum atomic E-state index is 10.2. The van der Waals surface area contributed by atoms with Crippen molar-refractivity contribution in [2.24, 2.45) is 0 Å². The zero-order valence-electron chi connectivity index (χ0n) is 26.8. The Labute approximate surface area is 251 Å². The van der Waals surface area contributed by atoms with Gasteiger partial charge in [-0.2, -0.15) is 8.42 Å². The van der Waals surface area contributed by atoms with Crippen LogP contribution in [-0.4, -0.2) is 28.7 Å². The monoisotopic (exact) mass is 590 g/mol. The van der Waals surface area contributed by atoms with Gasteiger partial charge in [-0.15, -0.1) is 0 Å². The van der Waals surface area contributed by atoms with Gasteiger partial charge in [-0.25, -0.2) is 0 Å². The average Bonchev–Trinajstić information content (AvgIpc) is 2.90. The molecule has 0 aliphatic carbocycles. The third kappa shape index (κ3) is 47.4. The first-order chi connectivity index (χ1) is 19.3. The second-order valence-corrected chi connectivity index (χ2v) is 12.8. The van der Waals surface area contributed by atoms with Crippen molar-refractivity contribution in [3.8, 4) is 0 Å². The van der Waals surface area contributed by atoms with Crippen LogP contribution >= 0.6 is 0 Å². The fourth-order valence-electron chi connectivity index (χ4n) is 5.17. The van der Waals surface area contributed by atoms with Crippen molar-refractivity contribution in [2.45, 2.75) is 206 Å². The van der Waals surface area contributed by atoms with Crippen LogP contribution in [0.4, 0.5) is 0 Å². The molecule has 0 bridgehead atoms. The summed E-state index contributed by atoms with van der Waals surface area (Å²) < 4.78 is 31.6. The minimum atomic E-state index is -4.67. The Hall–Kier alpha value is -0.430. The van der Waals surface area contributed by atoms with E-state index in [1.807, 2.05) is 0 Å². The van der Waals surface area contributed by atoms with Gasteiger partial charge < -0.3 is 5.11 Å². The van der Waals surface area contributed by atoms with Gasteiger partial charge in [0.05, 0.1) is 6.10 Å². The SMILES string of the molecule is CCCCCCCCC=CCCCCCCCCC(O)CCCCCCCCCCCCCCC.O=S(=O)(O)O. The predicted molar refractivity (Wildman–Crippen MR) is 175 cm³/mol. The predicted octanol–water partition coefficient (Wildman–Crippen LogP) is 11.6. The topological polar surface area (TPSA) is 94.8 Å². The molecular formula is C34H70O5S. The summed E-state index contributed by atoms with van der Waals surface area (Å²) in [5.74, 6) is 0. The van der Waals surface area contributed by atoms with Crippen LogP contribution in [0, 0.1) is 0 Å². The van der Waals surface area contributed by atoms with E-state index in [4.69, 9.17) is 17.5 Å². The Morgan fingerprint density at radius 2 is 0.675 bits per heavy atom. The van der Waals surface area contributed by atoms with Crippen molar-refractivity contribution < 1.29 is 22.6 Å². The standard InChI is InChI=1S/C34H68O.H2O4S/c1-3-5-7-9-11-13-15-17-18-19-21-23-25-27-29-31-33-34(35)32-30-28-26-24-22-20-16-14-12-10-8-6-4-2;1-5(2,3)4/h17-18,34-35H,3-16,19-33H2,1-2H3;(H2,1,2,3,4). The summed E-state index contributed by atoms with van der Waals surface area (Å²) in [7, 11) is -4.67. The summed E-state index contributed by atoms with van der Waals surface area (Å²) >= 11 is 0. The molecule has 0 aliphatic rings. The molecule has 6 heteroatoms. The Kier molecular flexibility index (Phi) is 36.3. The van der Waals surface area contributed by atoms with E-state index in [-0.39, 0.29) is 6.10 Å². The van der Waals surface area contributed by atoms with Crippen LogP contribution in [0.1, 0.15) is 200 Å². The minimum Gasteiger partial charge on any atom is -0.393 e. The number of unbranched alkanes of at least 4 members (excludes halogenated alkanes) is 24. The molecule has 0 amide bonds. The van der Waals surface area contributed by atoms with Crippen LogP contribution in [0.15, 0.2) is 12.2 Å². The second-order valence-electron chi connectivity index (χ2n) is 11.9. The molecule has 1 atom stereocenters. The Bertz CT molecular complexity index is 583. The summed E-state index contributed by atoms with van der Waals surface area (Å²) in [4.78, 5) is 0. The molecule has 5 nitrogen and oxygen atoms in total. The van der Waals surface area contributed by atoms with E-state index in [1.165, 1.54) is 173 Å². The third-order valence-corrected chi connectivity index (χ3v) is 7.69. The fraction of sp³-hybridized carbons (Fsp3) is 0.941. The minimum absolute atomic E-state index is 0.0421. The fourth-order valence-corrected chi connectivity index (χ4v) is 5.17. The molecule has 0 aliphatic heterocycles. The molecule has 0 heterocycles. The molecule has 1 unspecified atom stereocenters. The summed E-state index contributed by atoms with van der Waals surface area (Å²) in [5.41, 5.74) is 0. The van der Waals surface area contributed by atoms with E-state index >= 15 is 0 Å². The van der Waals surface area contributed by atoms with Crippen LogP contribution in [0.3, 0.4) is 0 Å². The molecule has 0 aromatic heterocycles. The van der Waals surface area contributed by atoms with E-state index in [2.05, 4.69) is 26.0 Å². The van der Waals surface area contributed by atoms with E-state index in [0.29, 0.717) is 0 Å². The molecule has 0 aromatic carbocycles. The van der Waals surface area contributed by atoms with E-state index in [1.54, 1.807) is 0 Å². The molecule has 242 valence electrons. The van der Waals surface area contributed by atoms with Crippen molar-refractivity contribution in [1.29, 1.82) is 0 Å². The van der Waals surface area contributed by atoms with Gasteiger partial charge in [0.2, 0.25) is 0 Å². The van der Waals surface area contributed by atoms with Gasteiger partial charge in [-0.1, -0.05) is 174 Å². The molecule has 0 saturated carbocycles. The van der Waals surface area contributed by atoms with Gasteiger partial charge in [0.25, 0.3) is 0 Å². The highest BCUT2D eigenvalue weighted by molar-refractivity contribution is 7.79. The van der Waals surface area contributed by atoms with Crippen LogP contribution in [0.25, 0.3) is 0 Å². The Morgan fingerprint density at radius 3 is 0.950 bits per heavy atom. The summed E-state index contributed by atoms with van der Waals surface area (Å²) in [6.45, 7) is 4.58. The maximum absolute atomic E-state index is 10.2. The second kappa shape index (κ2) is 34.8. The van der Waals surface area contributed by atoms with Gasteiger partial charge >= 0.3 is 10.4 Å². The molecule has 0 aromatic rings. The highest BCUT2D eigenvalue weighted by atomic mass is 32.3. The normalized spacial score (nSPS) is 12.5. The highest BCUT2D eigenvalue weighted by Gasteiger charge is 2.04. The largest absolute Gasteiger partial charge is 0.394 e. The van der Waals surface area contributed by atoms with Gasteiger partial charge in [-0.05, 0) is 38.5 Å². The molecule has 0 saturated heterocycles. The van der Waals surface area contributed by atoms with Crippen molar-refractivity contribution >= 4 is 10.4 Å². The zero-order valence-corrected chi connectivity index (χ0v) is 27.6. The maximum Gasteiger partial charge on any atom is 0.394 e. The van der Waals surface area contributed by atoms with Gasteiger partial charge in [0, 0.05) is 0 Å². The van der Waals surface area contributed by atoms with Crippen LogP contribution < -0.4 is 0 Å². The highest BCUT2D eigenvalue weighted by Crippen LogP contribution is 2.16. The first-order valence-electron chi connectivity index (χ1n) is 17.3. The summed E-state index contributed by atoms with van der Waals surface area (Å²) in [6, 6.07) is 0. The van der Waals surface area contributed by atoms with Crippen LogP contribution in [0.2, 0.25) is 0 Å². The first-order valence-corrected chi connectivity index (χ1v) is 18.7. The molecule has 0 rings (SSSR count). The zero-order chi connectivity index (χ0) is 30.0. The number of allylic oxidation sites excluding steroid dienone is 2. The van der Waals surface area contributed by atoms with Gasteiger partial charge in [0.1, 0.15) is 0 Å². The number of hydrogen-bond donors (Lipinski definition) is 3. The number of aliphatic hydroxyl groups excluding tert-OH is 1. The van der Waals surface area contributed by atoms with E-state index < -0.39 is 10.4 Å². The Balaban J connectivity index is 0.